The number of nitrogens with zero attached hydrogens (tertiary/aromatic N) is 1. The molecule has 0 heterocycles. The van der Waals surface area contributed by atoms with Crippen LogP contribution in [0.4, 0.5) is 10.1 Å². The summed E-state index contributed by atoms with van der Waals surface area (Å²) in [5, 5.41) is 2.88. The lowest BCUT2D eigenvalue weighted by molar-refractivity contribution is 0.0939. The minimum absolute atomic E-state index is 0.0183. The first-order valence-electron chi connectivity index (χ1n) is 8.86. The highest BCUT2D eigenvalue weighted by Crippen LogP contribution is 2.26. The van der Waals surface area contributed by atoms with Gasteiger partial charge in [0.1, 0.15) is 11.6 Å². The summed E-state index contributed by atoms with van der Waals surface area (Å²) in [5.74, 6) is -0.250. The fourth-order valence-electron chi connectivity index (χ4n) is 2.61. The fourth-order valence-corrected chi connectivity index (χ4v) is 3.49. The van der Waals surface area contributed by atoms with Crippen molar-refractivity contribution < 1.29 is 22.3 Å². The van der Waals surface area contributed by atoms with Crippen LogP contribution in [0.3, 0.4) is 0 Å². The number of carbonyl (C=O) groups is 1. The smallest absolute Gasteiger partial charge is 0.251 e. The highest BCUT2D eigenvalue weighted by Gasteiger charge is 2.21. The predicted octanol–water partition coefficient (Wildman–Crippen LogP) is 3.33. The van der Waals surface area contributed by atoms with Crippen molar-refractivity contribution in [3.63, 3.8) is 0 Å². The number of hydrogen-bond acceptors (Lipinski definition) is 4. The van der Waals surface area contributed by atoms with Gasteiger partial charge < -0.3 is 10.1 Å². The molecule has 0 bridgehead atoms. The molecular weight excluding hydrogens is 383 g/mol. The van der Waals surface area contributed by atoms with Crippen LogP contribution >= 0.6 is 0 Å². The van der Waals surface area contributed by atoms with Crippen molar-refractivity contribution in [3.8, 4) is 5.75 Å². The van der Waals surface area contributed by atoms with E-state index in [2.05, 4.69) is 5.32 Å². The highest BCUT2D eigenvalue weighted by molar-refractivity contribution is 7.92. The second kappa shape index (κ2) is 9.05. The Balaban J connectivity index is 2.41. The SMILES string of the molecule is CC[C@@H](C)NC(=O)c1ccc(OC)c(CN(c2ccc(F)cc2)S(C)(=O)=O)c1. The maximum atomic E-state index is 13.2. The summed E-state index contributed by atoms with van der Waals surface area (Å²) in [6.45, 7) is 3.82. The molecule has 1 atom stereocenters. The monoisotopic (exact) mass is 408 g/mol. The Bertz CT molecular complexity index is 930. The quantitative estimate of drug-likeness (QED) is 0.727. The number of carbonyl (C=O) groups excluding carboxylic acids is 1. The van der Waals surface area contributed by atoms with Gasteiger partial charge in [0.15, 0.2) is 0 Å². The van der Waals surface area contributed by atoms with Crippen LogP contribution in [0.1, 0.15) is 36.2 Å². The Morgan fingerprint density at radius 1 is 1.21 bits per heavy atom. The molecule has 2 aromatic carbocycles. The molecule has 0 aromatic heterocycles. The van der Waals surface area contributed by atoms with Crippen LogP contribution in [-0.4, -0.2) is 33.7 Å². The first-order valence-corrected chi connectivity index (χ1v) is 10.7. The van der Waals surface area contributed by atoms with E-state index in [0.29, 0.717) is 22.6 Å². The van der Waals surface area contributed by atoms with E-state index < -0.39 is 15.8 Å². The molecule has 0 saturated carbocycles. The molecule has 2 rings (SSSR count). The molecule has 28 heavy (non-hydrogen) atoms. The molecule has 152 valence electrons. The number of amides is 1. The van der Waals surface area contributed by atoms with Crippen molar-refractivity contribution in [1.29, 1.82) is 0 Å². The average molecular weight is 408 g/mol. The second-order valence-corrected chi connectivity index (χ2v) is 8.46. The minimum Gasteiger partial charge on any atom is -0.496 e. The van der Waals surface area contributed by atoms with E-state index >= 15 is 0 Å². The van der Waals surface area contributed by atoms with E-state index in [1.54, 1.807) is 18.2 Å². The standard InChI is InChI=1S/C20H25FN2O4S/c1-5-14(2)22-20(24)15-6-11-19(27-3)16(12-15)13-23(28(4,25)26)18-9-7-17(21)8-10-18/h6-12,14H,5,13H2,1-4H3,(H,22,24)/t14-/m1/s1. The summed E-state index contributed by atoms with van der Waals surface area (Å²) in [5.41, 5.74) is 1.25. The molecular formula is C20H25FN2O4S. The molecule has 0 unspecified atom stereocenters. The highest BCUT2D eigenvalue weighted by atomic mass is 32.2. The van der Waals surface area contributed by atoms with Gasteiger partial charge in [-0.25, -0.2) is 12.8 Å². The molecule has 0 radical (unpaired) electrons. The van der Waals surface area contributed by atoms with Crippen LogP contribution < -0.4 is 14.4 Å². The number of ether oxygens (including phenoxy) is 1. The van der Waals surface area contributed by atoms with Crippen LogP contribution in [-0.2, 0) is 16.6 Å². The zero-order chi connectivity index (χ0) is 20.9. The van der Waals surface area contributed by atoms with E-state index in [9.17, 15) is 17.6 Å². The van der Waals surface area contributed by atoms with Crippen molar-refractivity contribution in [2.75, 3.05) is 17.7 Å². The van der Waals surface area contributed by atoms with Crippen LogP contribution in [0.15, 0.2) is 42.5 Å². The van der Waals surface area contributed by atoms with Gasteiger partial charge in [-0.3, -0.25) is 9.10 Å². The molecule has 0 aliphatic carbocycles. The Kier molecular flexibility index (Phi) is 7.01. The first kappa shape index (κ1) is 21.7. The second-order valence-electron chi connectivity index (χ2n) is 6.56. The lowest BCUT2D eigenvalue weighted by Gasteiger charge is -2.24. The third kappa shape index (κ3) is 5.45. The third-order valence-corrected chi connectivity index (χ3v) is 5.50. The summed E-state index contributed by atoms with van der Waals surface area (Å²) in [4.78, 5) is 12.4. The summed E-state index contributed by atoms with van der Waals surface area (Å²) in [6.07, 6.45) is 1.86. The van der Waals surface area contributed by atoms with Gasteiger partial charge in [-0.1, -0.05) is 6.92 Å². The number of nitrogens with one attached hydrogen (secondary N) is 1. The summed E-state index contributed by atoms with van der Waals surface area (Å²) >= 11 is 0. The van der Waals surface area contributed by atoms with Crippen molar-refractivity contribution in [2.45, 2.75) is 32.9 Å². The maximum Gasteiger partial charge on any atom is 0.251 e. The topological polar surface area (TPSA) is 75.7 Å². The minimum atomic E-state index is -3.66. The van der Waals surface area contributed by atoms with Crippen LogP contribution in [0.25, 0.3) is 0 Å². The number of hydrogen-bond donors (Lipinski definition) is 1. The van der Waals surface area contributed by atoms with Crippen LogP contribution in [0.2, 0.25) is 0 Å². The zero-order valence-electron chi connectivity index (χ0n) is 16.4. The Morgan fingerprint density at radius 2 is 1.86 bits per heavy atom. The summed E-state index contributed by atoms with van der Waals surface area (Å²) in [7, 11) is -2.18. The van der Waals surface area contributed by atoms with Crippen molar-refractivity contribution in [3.05, 3.63) is 59.4 Å². The van der Waals surface area contributed by atoms with Gasteiger partial charge >= 0.3 is 0 Å². The summed E-state index contributed by atoms with van der Waals surface area (Å²) < 4.78 is 44.4. The molecule has 0 aliphatic rings. The normalized spacial score (nSPS) is 12.3. The van der Waals surface area contributed by atoms with Crippen molar-refractivity contribution in [2.24, 2.45) is 0 Å². The average Bonchev–Trinajstić information content (AvgIpc) is 2.65. The zero-order valence-corrected chi connectivity index (χ0v) is 17.2. The van der Waals surface area contributed by atoms with Crippen molar-refractivity contribution >= 4 is 21.6 Å². The van der Waals surface area contributed by atoms with E-state index in [-0.39, 0.29) is 18.5 Å². The van der Waals surface area contributed by atoms with Crippen molar-refractivity contribution in [1.82, 2.24) is 5.32 Å². The largest absolute Gasteiger partial charge is 0.496 e. The summed E-state index contributed by atoms with van der Waals surface area (Å²) in [6, 6.07) is 10.1. The van der Waals surface area contributed by atoms with E-state index in [1.807, 2.05) is 13.8 Å². The third-order valence-electron chi connectivity index (χ3n) is 4.36. The van der Waals surface area contributed by atoms with Gasteiger partial charge in [0.2, 0.25) is 10.0 Å². The van der Waals surface area contributed by atoms with Gasteiger partial charge in [-0.15, -0.1) is 0 Å². The Morgan fingerprint density at radius 3 is 2.39 bits per heavy atom. The molecule has 1 amide bonds. The molecule has 1 N–H and O–H groups in total. The van der Waals surface area contributed by atoms with Gasteiger partial charge in [-0.05, 0) is 55.8 Å². The molecule has 2 aromatic rings. The van der Waals surface area contributed by atoms with Gasteiger partial charge in [-0.2, -0.15) is 0 Å². The molecule has 0 aliphatic heterocycles. The number of halogens is 1. The molecule has 0 fully saturated rings. The van der Waals surface area contributed by atoms with Crippen LogP contribution in [0.5, 0.6) is 5.75 Å². The number of sulfonamides is 1. The lowest BCUT2D eigenvalue weighted by Crippen LogP contribution is -2.32. The molecule has 6 nitrogen and oxygen atoms in total. The number of rotatable bonds is 8. The Labute approximate surface area is 165 Å². The predicted molar refractivity (Wildman–Crippen MR) is 108 cm³/mol. The number of methoxy groups -OCH3 is 1. The number of benzene rings is 2. The lowest BCUT2D eigenvalue weighted by atomic mass is 10.1. The van der Waals surface area contributed by atoms with E-state index in [0.717, 1.165) is 17.0 Å². The van der Waals surface area contributed by atoms with E-state index in [1.165, 1.54) is 31.4 Å². The van der Waals surface area contributed by atoms with Crippen LogP contribution in [0, 0.1) is 5.82 Å². The molecule has 0 spiro atoms. The van der Waals surface area contributed by atoms with Gasteiger partial charge in [0, 0.05) is 17.2 Å². The van der Waals surface area contributed by atoms with Gasteiger partial charge in [0.25, 0.3) is 5.91 Å². The number of anilines is 1. The van der Waals surface area contributed by atoms with Gasteiger partial charge in [0.05, 0.1) is 25.6 Å². The molecule has 0 saturated heterocycles. The van der Waals surface area contributed by atoms with E-state index in [4.69, 9.17) is 4.74 Å². The maximum absolute atomic E-state index is 13.2. The fraction of sp³-hybridized carbons (Fsp3) is 0.350. The first-order chi connectivity index (χ1) is 13.2. The molecule has 8 heteroatoms. The Hall–Kier alpha value is -2.61.